The van der Waals surface area contributed by atoms with Crippen molar-refractivity contribution in [1.29, 1.82) is 0 Å². The number of rotatable bonds is 7. The van der Waals surface area contributed by atoms with Crippen molar-refractivity contribution in [3.8, 4) is 5.75 Å². The zero-order valence-electron chi connectivity index (χ0n) is 16.0. The Kier molecular flexibility index (Phi) is 6.78. The molecule has 0 bridgehead atoms. The monoisotopic (exact) mass is 430 g/mol. The number of sulfonamides is 1. The van der Waals surface area contributed by atoms with Gasteiger partial charge in [-0.2, -0.15) is 13.2 Å². The first-order valence-electron chi connectivity index (χ1n) is 8.64. The van der Waals surface area contributed by atoms with Gasteiger partial charge in [-0.25, -0.2) is 8.42 Å². The van der Waals surface area contributed by atoms with Gasteiger partial charge in [0.05, 0.1) is 24.1 Å². The van der Waals surface area contributed by atoms with Crippen LogP contribution in [0.2, 0.25) is 0 Å². The molecule has 0 saturated carbocycles. The average Bonchev–Trinajstić information content (AvgIpc) is 2.62. The van der Waals surface area contributed by atoms with Crippen molar-refractivity contribution in [3.05, 3.63) is 54.1 Å². The second-order valence-corrected chi connectivity index (χ2v) is 8.09. The van der Waals surface area contributed by atoms with Gasteiger partial charge >= 0.3 is 6.18 Å². The number of benzene rings is 2. The number of alkyl halides is 3. The number of nitrogens with zero attached hydrogens (tertiary/aromatic N) is 1. The van der Waals surface area contributed by atoms with Crippen LogP contribution < -0.4 is 14.4 Å². The van der Waals surface area contributed by atoms with E-state index in [4.69, 9.17) is 4.74 Å². The molecule has 0 unspecified atom stereocenters. The minimum absolute atomic E-state index is 0.253. The number of nitrogens with one attached hydrogen (secondary N) is 1. The van der Waals surface area contributed by atoms with E-state index in [0.29, 0.717) is 28.4 Å². The zero-order valence-corrected chi connectivity index (χ0v) is 16.8. The Morgan fingerprint density at radius 3 is 2.31 bits per heavy atom. The molecule has 1 amide bonds. The van der Waals surface area contributed by atoms with E-state index in [1.807, 2.05) is 6.92 Å². The average molecular weight is 430 g/mol. The van der Waals surface area contributed by atoms with Crippen molar-refractivity contribution >= 4 is 27.3 Å². The summed E-state index contributed by atoms with van der Waals surface area (Å²) in [6, 6.07) is 8.94. The van der Waals surface area contributed by atoms with E-state index in [-0.39, 0.29) is 5.69 Å². The molecule has 2 aromatic carbocycles. The Balaban J connectivity index is 2.30. The lowest BCUT2D eigenvalue weighted by Gasteiger charge is -2.28. The largest absolute Gasteiger partial charge is 0.494 e. The molecule has 158 valence electrons. The van der Waals surface area contributed by atoms with E-state index < -0.39 is 33.7 Å². The van der Waals surface area contributed by atoms with Crippen LogP contribution in [0, 0.1) is 0 Å². The summed E-state index contributed by atoms with van der Waals surface area (Å²) in [5.41, 5.74) is -0.873. The minimum atomic E-state index is -4.65. The highest BCUT2D eigenvalue weighted by atomic mass is 32.2. The van der Waals surface area contributed by atoms with Crippen molar-refractivity contribution in [2.24, 2.45) is 0 Å². The van der Waals surface area contributed by atoms with Gasteiger partial charge in [0.2, 0.25) is 15.9 Å². The summed E-state index contributed by atoms with van der Waals surface area (Å²) in [6.07, 6.45) is -3.82. The van der Waals surface area contributed by atoms with Crippen molar-refractivity contribution in [2.45, 2.75) is 26.1 Å². The molecule has 0 saturated heterocycles. The lowest BCUT2D eigenvalue weighted by Crippen LogP contribution is -2.45. The number of hydrogen-bond donors (Lipinski definition) is 1. The Labute approximate surface area is 167 Å². The molecule has 2 rings (SSSR count). The third kappa shape index (κ3) is 5.86. The van der Waals surface area contributed by atoms with Gasteiger partial charge in [-0.1, -0.05) is 6.07 Å². The van der Waals surface area contributed by atoms with Crippen LogP contribution in [0.4, 0.5) is 24.5 Å². The van der Waals surface area contributed by atoms with Crippen LogP contribution in [0.5, 0.6) is 5.75 Å². The van der Waals surface area contributed by atoms with Crippen LogP contribution >= 0.6 is 0 Å². The standard InChI is InChI=1S/C19H21F3N2O4S/c1-4-28-17-10-8-15(9-11-17)23-18(25)13(2)24(29(3,26)27)16-7-5-6-14(12-16)19(20,21)22/h5-13H,4H2,1-3H3,(H,23,25)/t13-/m1/s1. The predicted molar refractivity (Wildman–Crippen MR) is 104 cm³/mol. The predicted octanol–water partition coefficient (Wildman–Crippen LogP) is 3.90. The van der Waals surface area contributed by atoms with Crippen LogP contribution in [-0.2, 0) is 21.0 Å². The number of ether oxygens (including phenoxy) is 1. The number of halogens is 3. The van der Waals surface area contributed by atoms with Crippen LogP contribution in [0.25, 0.3) is 0 Å². The Hall–Kier alpha value is -2.75. The molecule has 2 aromatic rings. The highest BCUT2D eigenvalue weighted by Gasteiger charge is 2.34. The molecular formula is C19H21F3N2O4S. The first-order valence-corrected chi connectivity index (χ1v) is 10.5. The highest BCUT2D eigenvalue weighted by molar-refractivity contribution is 7.92. The van der Waals surface area contributed by atoms with E-state index in [2.05, 4.69) is 5.32 Å². The number of hydrogen-bond acceptors (Lipinski definition) is 4. The Morgan fingerprint density at radius 2 is 1.79 bits per heavy atom. The summed E-state index contributed by atoms with van der Waals surface area (Å²) in [5, 5.41) is 2.56. The summed E-state index contributed by atoms with van der Waals surface area (Å²) in [6.45, 7) is 3.60. The second-order valence-electron chi connectivity index (χ2n) is 6.23. The van der Waals surface area contributed by atoms with E-state index in [9.17, 15) is 26.4 Å². The normalized spacial score (nSPS) is 12.9. The molecule has 0 spiro atoms. The summed E-state index contributed by atoms with van der Waals surface area (Å²) in [7, 11) is -4.05. The first-order chi connectivity index (χ1) is 13.4. The van der Waals surface area contributed by atoms with Gasteiger partial charge in [0, 0.05) is 5.69 Å². The van der Waals surface area contributed by atoms with Gasteiger partial charge in [0.25, 0.3) is 0 Å². The third-order valence-corrected chi connectivity index (χ3v) is 5.19. The maximum atomic E-state index is 13.0. The van der Waals surface area contributed by atoms with Crippen LogP contribution in [-0.4, -0.2) is 33.2 Å². The smallest absolute Gasteiger partial charge is 0.416 e. The summed E-state index contributed by atoms with van der Waals surface area (Å²) in [4.78, 5) is 12.6. The molecule has 0 radical (unpaired) electrons. The van der Waals surface area contributed by atoms with Crippen molar-refractivity contribution in [1.82, 2.24) is 0 Å². The van der Waals surface area contributed by atoms with Gasteiger partial charge in [-0.15, -0.1) is 0 Å². The first kappa shape index (κ1) is 22.5. The van der Waals surface area contributed by atoms with E-state index >= 15 is 0 Å². The lowest BCUT2D eigenvalue weighted by atomic mass is 10.1. The lowest BCUT2D eigenvalue weighted by molar-refractivity contribution is -0.137. The molecule has 0 aliphatic heterocycles. The quantitative estimate of drug-likeness (QED) is 0.723. The minimum Gasteiger partial charge on any atom is -0.494 e. The molecule has 29 heavy (non-hydrogen) atoms. The maximum Gasteiger partial charge on any atom is 0.416 e. The fourth-order valence-corrected chi connectivity index (χ4v) is 3.84. The van der Waals surface area contributed by atoms with E-state index in [1.165, 1.54) is 13.0 Å². The number of carbonyl (C=O) groups excluding carboxylic acids is 1. The molecule has 10 heteroatoms. The number of carbonyl (C=O) groups is 1. The van der Waals surface area contributed by atoms with E-state index in [1.54, 1.807) is 24.3 Å². The summed E-state index contributed by atoms with van der Waals surface area (Å²) < 4.78 is 69.5. The zero-order chi connectivity index (χ0) is 21.8. The molecule has 1 N–H and O–H groups in total. The molecule has 0 aromatic heterocycles. The van der Waals surface area contributed by atoms with Gasteiger partial charge in [-0.05, 0) is 56.3 Å². The van der Waals surface area contributed by atoms with Crippen molar-refractivity contribution in [2.75, 3.05) is 22.5 Å². The van der Waals surface area contributed by atoms with Gasteiger partial charge < -0.3 is 10.1 Å². The van der Waals surface area contributed by atoms with Crippen LogP contribution in [0.3, 0.4) is 0 Å². The third-order valence-electron chi connectivity index (χ3n) is 3.95. The molecular weight excluding hydrogens is 409 g/mol. The van der Waals surface area contributed by atoms with Crippen molar-refractivity contribution < 1.29 is 31.1 Å². The maximum absolute atomic E-state index is 13.0. The highest BCUT2D eigenvalue weighted by Crippen LogP contribution is 2.33. The fourth-order valence-electron chi connectivity index (χ4n) is 2.68. The Bertz CT molecular complexity index is 960. The molecule has 1 atom stereocenters. The fraction of sp³-hybridized carbons (Fsp3) is 0.316. The van der Waals surface area contributed by atoms with Gasteiger partial charge in [0.15, 0.2) is 0 Å². The van der Waals surface area contributed by atoms with Gasteiger partial charge in [0.1, 0.15) is 11.8 Å². The second kappa shape index (κ2) is 8.73. The topological polar surface area (TPSA) is 75.7 Å². The molecule has 0 aliphatic rings. The summed E-state index contributed by atoms with van der Waals surface area (Å²) in [5.74, 6) is -0.0997. The van der Waals surface area contributed by atoms with Crippen molar-refractivity contribution in [3.63, 3.8) is 0 Å². The molecule has 0 heterocycles. The van der Waals surface area contributed by atoms with E-state index in [0.717, 1.165) is 18.4 Å². The summed E-state index contributed by atoms with van der Waals surface area (Å²) >= 11 is 0. The van der Waals surface area contributed by atoms with Gasteiger partial charge in [-0.3, -0.25) is 9.10 Å². The SMILES string of the molecule is CCOc1ccc(NC(=O)[C@@H](C)N(c2cccc(C(F)(F)F)c2)S(C)(=O)=O)cc1. The molecule has 6 nitrogen and oxygen atoms in total. The molecule has 0 fully saturated rings. The number of amides is 1. The van der Waals surface area contributed by atoms with Crippen LogP contribution in [0.15, 0.2) is 48.5 Å². The van der Waals surface area contributed by atoms with Crippen LogP contribution in [0.1, 0.15) is 19.4 Å². The Morgan fingerprint density at radius 1 is 1.17 bits per heavy atom. The molecule has 0 aliphatic carbocycles. The number of anilines is 2.